The summed E-state index contributed by atoms with van der Waals surface area (Å²) in [5.41, 5.74) is 0. The molecule has 0 aliphatic rings. The van der Waals surface area contributed by atoms with Gasteiger partial charge in [-0.1, -0.05) is 38.7 Å². The predicted molar refractivity (Wildman–Crippen MR) is 75.0 cm³/mol. The Labute approximate surface area is 135 Å². The number of allylic oxidation sites excluding steroid dienone is 1. The van der Waals surface area contributed by atoms with Crippen LogP contribution < -0.4 is 12.4 Å². The molecule has 0 aliphatic heterocycles. The van der Waals surface area contributed by atoms with Crippen LogP contribution in [0.2, 0.25) is 0 Å². The van der Waals surface area contributed by atoms with Crippen LogP contribution in [0.3, 0.4) is 0 Å². The van der Waals surface area contributed by atoms with E-state index in [1.807, 2.05) is 0 Å². The Hall–Kier alpha value is 0.716. The molecular weight excluding hydrogens is 260 g/mol. The summed E-state index contributed by atoms with van der Waals surface area (Å²) in [6.07, 6.45) is 12.4. The van der Waals surface area contributed by atoms with Gasteiger partial charge in [0.25, 0.3) is 0 Å². The van der Waals surface area contributed by atoms with E-state index in [0.29, 0.717) is 6.79 Å². The summed E-state index contributed by atoms with van der Waals surface area (Å²) in [4.78, 5) is 0. The first-order valence-corrected chi connectivity index (χ1v) is 6.51. The monoisotopic (exact) mass is 286 g/mol. The maximum atomic E-state index is 5.36. The van der Waals surface area contributed by atoms with Crippen molar-refractivity contribution in [1.82, 2.24) is 0 Å². The molecule has 18 heavy (non-hydrogen) atoms. The van der Waals surface area contributed by atoms with Crippen molar-refractivity contribution in [3.63, 3.8) is 0 Å². The predicted octanol–water partition coefficient (Wildman–Crippen LogP) is 0.741. The largest absolute Gasteiger partial charge is 2.00 e. The Morgan fingerprint density at radius 2 is 1.61 bits per heavy atom. The Kier molecular flexibility index (Phi) is 30.2. The molecule has 0 bridgehead atoms. The molecule has 2 nitrogen and oxygen atoms in total. The third-order valence-corrected chi connectivity index (χ3v) is 2.32. The van der Waals surface area contributed by atoms with Crippen LogP contribution in [0.4, 0.5) is 0 Å². The zero-order valence-corrected chi connectivity index (χ0v) is 14.0. The summed E-state index contributed by atoms with van der Waals surface area (Å²) in [5.74, 6) is 0. The standard InChI is InChI=1S/C14H27O2.ClH.Mg/c1-3-5-7-9-11-13-16-14-15-12-10-8-6-4-2;;/h6,8H,2-5,7,9-14H2,1H3;1H;/q-1;;+2/p-1/b8-6+;;. The summed E-state index contributed by atoms with van der Waals surface area (Å²) in [5, 5.41) is 0. The molecule has 0 spiro atoms. The van der Waals surface area contributed by atoms with Gasteiger partial charge in [-0.15, -0.1) is 6.08 Å². The fourth-order valence-corrected chi connectivity index (χ4v) is 1.37. The molecule has 0 heterocycles. The molecular formula is C14H27ClMgO2. The molecule has 0 rings (SSSR count). The maximum absolute atomic E-state index is 5.36. The zero-order valence-electron chi connectivity index (χ0n) is 11.8. The maximum Gasteiger partial charge on any atom is 2.00 e. The van der Waals surface area contributed by atoms with Gasteiger partial charge in [-0.2, -0.15) is 6.42 Å². The summed E-state index contributed by atoms with van der Waals surface area (Å²) >= 11 is 0. The third-order valence-electron chi connectivity index (χ3n) is 2.32. The minimum absolute atomic E-state index is 0. The van der Waals surface area contributed by atoms with E-state index in [-0.39, 0.29) is 35.5 Å². The van der Waals surface area contributed by atoms with E-state index < -0.39 is 0 Å². The van der Waals surface area contributed by atoms with E-state index in [9.17, 15) is 0 Å². The molecule has 0 saturated carbocycles. The van der Waals surface area contributed by atoms with Gasteiger partial charge in [0.1, 0.15) is 6.79 Å². The van der Waals surface area contributed by atoms with E-state index in [4.69, 9.17) is 9.47 Å². The van der Waals surface area contributed by atoms with Gasteiger partial charge >= 0.3 is 23.1 Å². The second kappa shape index (κ2) is 22.9. The molecule has 0 aromatic rings. The molecule has 104 valence electrons. The van der Waals surface area contributed by atoms with Gasteiger partial charge < -0.3 is 28.8 Å². The van der Waals surface area contributed by atoms with E-state index in [2.05, 4.69) is 26.0 Å². The third kappa shape index (κ3) is 21.9. The smallest absolute Gasteiger partial charge is 1.00 e. The first-order chi connectivity index (χ1) is 7.91. The zero-order chi connectivity index (χ0) is 11.9. The van der Waals surface area contributed by atoms with E-state index >= 15 is 0 Å². The number of ether oxygens (including phenoxy) is 2. The molecule has 0 aromatic heterocycles. The number of halogens is 1. The van der Waals surface area contributed by atoms with Crippen LogP contribution in [0.5, 0.6) is 0 Å². The summed E-state index contributed by atoms with van der Waals surface area (Å²) in [7, 11) is 0. The van der Waals surface area contributed by atoms with Gasteiger partial charge in [0, 0.05) is 6.61 Å². The van der Waals surface area contributed by atoms with Crippen molar-refractivity contribution in [2.75, 3.05) is 20.0 Å². The molecule has 0 aromatic carbocycles. The van der Waals surface area contributed by atoms with Gasteiger partial charge in [-0.05, 0) is 12.8 Å². The fourth-order valence-electron chi connectivity index (χ4n) is 1.37. The second-order valence-electron chi connectivity index (χ2n) is 3.90. The van der Waals surface area contributed by atoms with Crippen LogP contribution in [-0.4, -0.2) is 43.1 Å². The van der Waals surface area contributed by atoms with Crippen LogP contribution in [-0.2, 0) is 9.47 Å². The number of unbranched alkanes of at least 4 members (excludes halogenated alkanes) is 4. The molecule has 0 aliphatic carbocycles. The van der Waals surface area contributed by atoms with Crippen LogP contribution in [0.15, 0.2) is 12.2 Å². The molecule has 0 unspecified atom stereocenters. The fraction of sp³-hybridized carbons (Fsp3) is 0.786. The Bertz CT molecular complexity index is 155. The van der Waals surface area contributed by atoms with Crippen molar-refractivity contribution in [2.45, 2.75) is 51.9 Å². The topological polar surface area (TPSA) is 18.5 Å². The van der Waals surface area contributed by atoms with Crippen LogP contribution in [0.25, 0.3) is 0 Å². The molecule has 0 atom stereocenters. The summed E-state index contributed by atoms with van der Waals surface area (Å²) in [6.45, 7) is 7.96. The molecule has 0 amide bonds. The van der Waals surface area contributed by atoms with Crippen molar-refractivity contribution in [3.8, 4) is 0 Å². The summed E-state index contributed by atoms with van der Waals surface area (Å²) in [6, 6.07) is 0. The molecule has 0 fully saturated rings. The number of hydrogen-bond donors (Lipinski definition) is 0. The number of rotatable bonds is 12. The van der Waals surface area contributed by atoms with Crippen LogP contribution >= 0.6 is 0 Å². The normalized spacial score (nSPS) is 10.1. The molecule has 0 N–H and O–H groups in total. The summed E-state index contributed by atoms with van der Waals surface area (Å²) < 4.78 is 10.7. The van der Waals surface area contributed by atoms with E-state index in [0.717, 1.165) is 32.5 Å². The first kappa shape index (κ1) is 23.8. The van der Waals surface area contributed by atoms with Gasteiger partial charge in [0.15, 0.2) is 0 Å². The Morgan fingerprint density at radius 1 is 0.944 bits per heavy atom. The quantitative estimate of drug-likeness (QED) is 0.173. The van der Waals surface area contributed by atoms with Crippen LogP contribution in [0.1, 0.15) is 51.9 Å². The Balaban J connectivity index is -0.00000112. The second-order valence-corrected chi connectivity index (χ2v) is 3.90. The van der Waals surface area contributed by atoms with Gasteiger partial charge in [-0.3, -0.25) is 0 Å². The van der Waals surface area contributed by atoms with Crippen molar-refractivity contribution in [1.29, 1.82) is 0 Å². The Morgan fingerprint density at radius 3 is 2.28 bits per heavy atom. The molecule has 0 saturated heterocycles. The first-order valence-electron chi connectivity index (χ1n) is 6.51. The van der Waals surface area contributed by atoms with Gasteiger partial charge in [-0.25, -0.2) is 0 Å². The number of hydrogen-bond acceptors (Lipinski definition) is 2. The van der Waals surface area contributed by atoms with E-state index in [1.54, 1.807) is 0 Å². The SMILES string of the molecule is [CH2-]C/C=C/CCOCOCCCCCCC.[Cl-].[Mg+2]. The van der Waals surface area contributed by atoms with Gasteiger partial charge in [0.05, 0.1) is 6.61 Å². The molecule has 0 radical (unpaired) electrons. The van der Waals surface area contributed by atoms with Crippen molar-refractivity contribution < 1.29 is 21.9 Å². The van der Waals surface area contributed by atoms with Crippen molar-refractivity contribution in [3.05, 3.63) is 19.1 Å². The minimum atomic E-state index is 0. The molecule has 4 heteroatoms. The van der Waals surface area contributed by atoms with Crippen molar-refractivity contribution in [2.24, 2.45) is 0 Å². The van der Waals surface area contributed by atoms with Gasteiger partial charge in [0.2, 0.25) is 0 Å². The average Bonchev–Trinajstić information content (AvgIpc) is 2.31. The van der Waals surface area contributed by atoms with Crippen molar-refractivity contribution >= 4 is 23.1 Å². The van der Waals surface area contributed by atoms with Crippen LogP contribution in [0, 0.1) is 6.92 Å². The van der Waals surface area contributed by atoms with E-state index in [1.165, 1.54) is 25.7 Å². The average molecular weight is 287 g/mol. The minimum Gasteiger partial charge on any atom is -1.00 e.